The summed E-state index contributed by atoms with van der Waals surface area (Å²) in [5.74, 6) is -0.393. The molecule has 7 heteroatoms. The summed E-state index contributed by atoms with van der Waals surface area (Å²) in [6.45, 7) is 2.11. The SMILES string of the molecule is Cc1ccc(NC(=O)c2cn(C)c3c(=O)n(Cc4ccccc4)c(=O)[nH]c23)cc1. The molecule has 0 bridgehead atoms. The summed E-state index contributed by atoms with van der Waals surface area (Å²) in [4.78, 5) is 41.1. The van der Waals surface area contributed by atoms with E-state index >= 15 is 0 Å². The van der Waals surface area contributed by atoms with Crippen molar-refractivity contribution in [2.45, 2.75) is 13.5 Å². The minimum absolute atomic E-state index is 0.154. The second kappa shape index (κ2) is 7.27. The predicted octanol–water partition coefficient (Wildman–Crippen LogP) is 2.64. The summed E-state index contributed by atoms with van der Waals surface area (Å²) in [6, 6.07) is 16.7. The molecule has 2 heterocycles. The first-order chi connectivity index (χ1) is 13.9. The predicted molar refractivity (Wildman–Crippen MR) is 112 cm³/mol. The first kappa shape index (κ1) is 18.5. The van der Waals surface area contributed by atoms with E-state index in [-0.39, 0.29) is 23.1 Å². The maximum Gasteiger partial charge on any atom is 0.329 e. The molecule has 0 fully saturated rings. The number of H-pyrrole nitrogens is 1. The normalized spacial score (nSPS) is 11.0. The van der Waals surface area contributed by atoms with Gasteiger partial charge in [0.1, 0.15) is 5.52 Å². The average Bonchev–Trinajstić information content (AvgIpc) is 3.04. The summed E-state index contributed by atoms with van der Waals surface area (Å²) >= 11 is 0. The smallest absolute Gasteiger partial charge is 0.329 e. The van der Waals surface area contributed by atoms with Crippen molar-refractivity contribution in [3.63, 3.8) is 0 Å². The van der Waals surface area contributed by atoms with E-state index in [4.69, 9.17) is 0 Å². The van der Waals surface area contributed by atoms with Crippen molar-refractivity contribution in [3.8, 4) is 0 Å². The Kier molecular flexibility index (Phi) is 4.64. The number of aryl methyl sites for hydroxylation is 2. The van der Waals surface area contributed by atoms with Gasteiger partial charge in [-0.15, -0.1) is 0 Å². The van der Waals surface area contributed by atoms with E-state index in [2.05, 4.69) is 10.3 Å². The highest BCUT2D eigenvalue weighted by Crippen LogP contribution is 2.17. The maximum atomic E-state index is 13.0. The Morgan fingerprint density at radius 1 is 1.03 bits per heavy atom. The lowest BCUT2D eigenvalue weighted by atomic mass is 10.2. The summed E-state index contributed by atoms with van der Waals surface area (Å²) in [5.41, 5.74) is 2.31. The fourth-order valence-corrected chi connectivity index (χ4v) is 3.32. The molecule has 0 spiro atoms. The highest BCUT2D eigenvalue weighted by Gasteiger charge is 2.19. The molecule has 29 heavy (non-hydrogen) atoms. The molecule has 0 atom stereocenters. The minimum atomic E-state index is -0.554. The third-order valence-electron chi connectivity index (χ3n) is 4.84. The average molecular weight is 388 g/mol. The molecule has 0 saturated heterocycles. The molecule has 2 aromatic heterocycles. The van der Waals surface area contributed by atoms with Gasteiger partial charge < -0.3 is 14.9 Å². The van der Waals surface area contributed by atoms with E-state index in [1.54, 1.807) is 29.9 Å². The third-order valence-corrected chi connectivity index (χ3v) is 4.84. The number of anilines is 1. The highest BCUT2D eigenvalue weighted by atomic mass is 16.2. The highest BCUT2D eigenvalue weighted by molar-refractivity contribution is 6.11. The van der Waals surface area contributed by atoms with E-state index < -0.39 is 17.2 Å². The van der Waals surface area contributed by atoms with Gasteiger partial charge in [0.05, 0.1) is 17.6 Å². The molecular weight excluding hydrogens is 368 g/mol. The number of fused-ring (bicyclic) bond motifs is 1. The quantitative estimate of drug-likeness (QED) is 0.563. The number of hydrogen-bond acceptors (Lipinski definition) is 3. The Balaban J connectivity index is 1.76. The number of aromatic nitrogens is 3. The van der Waals surface area contributed by atoms with Crippen LogP contribution in [0.25, 0.3) is 11.0 Å². The number of benzene rings is 2. The first-order valence-corrected chi connectivity index (χ1v) is 9.18. The van der Waals surface area contributed by atoms with E-state index in [0.717, 1.165) is 15.7 Å². The van der Waals surface area contributed by atoms with Gasteiger partial charge in [-0.1, -0.05) is 48.0 Å². The van der Waals surface area contributed by atoms with Crippen LogP contribution in [0.4, 0.5) is 5.69 Å². The van der Waals surface area contributed by atoms with Gasteiger partial charge in [0.2, 0.25) is 0 Å². The standard InChI is InChI=1S/C22H20N4O3/c1-14-8-10-16(11-9-14)23-20(27)17-13-25(2)19-18(17)24-22(29)26(21(19)28)12-15-6-4-3-5-7-15/h3-11,13H,12H2,1-2H3,(H,23,27)(H,24,29). The molecule has 0 aliphatic rings. The van der Waals surface area contributed by atoms with Gasteiger partial charge in [0.25, 0.3) is 11.5 Å². The van der Waals surface area contributed by atoms with Crippen molar-refractivity contribution in [2.24, 2.45) is 7.05 Å². The summed E-state index contributed by atoms with van der Waals surface area (Å²) < 4.78 is 2.71. The van der Waals surface area contributed by atoms with Crippen LogP contribution in [-0.4, -0.2) is 20.0 Å². The van der Waals surface area contributed by atoms with Crippen LogP contribution in [0, 0.1) is 6.92 Å². The van der Waals surface area contributed by atoms with Gasteiger partial charge in [-0.05, 0) is 24.6 Å². The lowest BCUT2D eigenvalue weighted by molar-refractivity contribution is 0.102. The minimum Gasteiger partial charge on any atom is -0.344 e. The zero-order chi connectivity index (χ0) is 20.5. The van der Waals surface area contributed by atoms with Gasteiger partial charge in [-0.3, -0.25) is 14.2 Å². The Morgan fingerprint density at radius 2 is 1.72 bits per heavy atom. The van der Waals surface area contributed by atoms with Gasteiger partial charge in [-0.2, -0.15) is 0 Å². The lowest BCUT2D eigenvalue weighted by Gasteiger charge is -2.07. The van der Waals surface area contributed by atoms with Crippen LogP contribution in [0.3, 0.4) is 0 Å². The molecule has 1 amide bonds. The second-order valence-electron chi connectivity index (χ2n) is 7.00. The topological polar surface area (TPSA) is 88.9 Å². The summed E-state index contributed by atoms with van der Waals surface area (Å²) in [6.07, 6.45) is 1.55. The summed E-state index contributed by atoms with van der Waals surface area (Å²) in [7, 11) is 1.68. The molecule has 0 aliphatic heterocycles. The number of carbonyl (C=O) groups excluding carboxylic acids is 1. The molecule has 0 saturated carbocycles. The van der Waals surface area contributed by atoms with Crippen molar-refractivity contribution < 1.29 is 4.79 Å². The van der Waals surface area contributed by atoms with Crippen molar-refractivity contribution >= 4 is 22.6 Å². The number of aromatic amines is 1. The van der Waals surface area contributed by atoms with Crippen LogP contribution in [0.2, 0.25) is 0 Å². The number of hydrogen-bond donors (Lipinski definition) is 2. The molecule has 2 aromatic carbocycles. The zero-order valence-electron chi connectivity index (χ0n) is 16.1. The van der Waals surface area contributed by atoms with Crippen LogP contribution in [-0.2, 0) is 13.6 Å². The molecule has 0 radical (unpaired) electrons. The summed E-state index contributed by atoms with van der Waals surface area (Å²) in [5, 5.41) is 2.80. The molecule has 4 rings (SSSR count). The van der Waals surface area contributed by atoms with E-state index in [1.165, 1.54) is 0 Å². The second-order valence-corrected chi connectivity index (χ2v) is 7.00. The number of nitrogens with one attached hydrogen (secondary N) is 2. The Hall–Kier alpha value is -3.87. The largest absolute Gasteiger partial charge is 0.344 e. The first-order valence-electron chi connectivity index (χ1n) is 9.18. The fraction of sp³-hybridized carbons (Fsp3) is 0.136. The van der Waals surface area contributed by atoms with Crippen LogP contribution in [0.15, 0.2) is 70.4 Å². The monoisotopic (exact) mass is 388 g/mol. The van der Waals surface area contributed by atoms with Crippen LogP contribution < -0.4 is 16.6 Å². The van der Waals surface area contributed by atoms with Gasteiger partial charge in [0.15, 0.2) is 0 Å². The van der Waals surface area contributed by atoms with Crippen LogP contribution >= 0.6 is 0 Å². The van der Waals surface area contributed by atoms with Gasteiger partial charge >= 0.3 is 5.69 Å². The van der Waals surface area contributed by atoms with Gasteiger partial charge in [-0.25, -0.2) is 4.79 Å². The van der Waals surface area contributed by atoms with Crippen LogP contribution in [0.1, 0.15) is 21.5 Å². The van der Waals surface area contributed by atoms with Crippen molar-refractivity contribution in [2.75, 3.05) is 5.32 Å². The number of nitrogens with zero attached hydrogens (tertiary/aromatic N) is 2. The van der Waals surface area contributed by atoms with Crippen molar-refractivity contribution in [3.05, 3.63) is 98.3 Å². The molecule has 4 aromatic rings. The van der Waals surface area contributed by atoms with E-state index in [9.17, 15) is 14.4 Å². The molecular formula is C22H20N4O3. The Morgan fingerprint density at radius 3 is 2.41 bits per heavy atom. The number of amides is 1. The Labute approximate surface area is 166 Å². The van der Waals surface area contributed by atoms with Crippen molar-refractivity contribution in [1.82, 2.24) is 14.1 Å². The van der Waals surface area contributed by atoms with Crippen LogP contribution in [0.5, 0.6) is 0 Å². The molecule has 2 N–H and O–H groups in total. The molecule has 146 valence electrons. The lowest BCUT2D eigenvalue weighted by Crippen LogP contribution is -2.36. The van der Waals surface area contributed by atoms with Gasteiger partial charge in [0, 0.05) is 18.9 Å². The van der Waals surface area contributed by atoms with Crippen molar-refractivity contribution in [1.29, 1.82) is 0 Å². The fourth-order valence-electron chi connectivity index (χ4n) is 3.32. The number of carbonyl (C=O) groups is 1. The van der Waals surface area contributed by atoms with E-state index in [1.807, 2.05) is 49.4 Å². The maximum absolute atomic E-state index is 13.0. The van der Waals surface area contributed by atoms with E-state index in [0.29, 0.717) is 5.69 Å². The molecule has 0 aliphatic carbocycles. The number of rotatable bonds is 4. The third kappa shape index (κ3) is 3.50. The Bertz CT molecular complexity index is 1310. The molecule has 0 unspecified atom stereocenters. The zero-order valence-corrected chi connectivity index (χ0v) is 16.1. The molecule has 7 nitrogen and oxygen atoms in total.